The fourth-order valence-corrected chi connectivity index (χ4v) is 4.24. The molecule has 30 heavy (non-hydrogen) atoms. The van der Waals surface area contributed by atoms with Gasteiger partial charge in [-0.1, -0.05) is 6.07 Å². The van der Waals surface area contributed by atoms with Crippen molar-refractivity contribution >= 4 is 5.95 Å². The van der Waals surface area contributed by atoms with Gasteiger partial charge in [-0.25, -0.2) is 9.97 Å². The van der Waals surface area contributed by atoms with Gasteiger partial charge in [-0.05, 0) is 69.2 Å². The van der Waals surface area contributed by atoms with Crippen molar-refractivity contribution in [3.63, 3.8) is 0 Å². The summed E-state index contributed by atoms with van der Waals surface area (Å²) in [7, 11) is 0. The number of nitrogens with zero attached hydrogens (tertiary/aromatic N) is 4. The molecule has 2 aliphatic rings. The number of ether oxygens (including phenoxy) is 1. The Hall–Kier alpha value is -2.18. The van der Waals surface area contributed by atoms with Crippen LogP contribution in [0.2, 0.25) is 0 Å². The second kappa shape index (κ2) is 9.31. The van der Waals surface area contributed by atoms with Crippen molar-refractivity contribution in [3.8, 4) is 5.75 Å². The molecule has 4 rings (SSSR count). The van der Waals surface area contributed by atoms with Crippen LogP contribution >= 0.6 is 0 Å². The van der Waals surface area contributed by atoms with Gasteiger partial charge in [0.2, 0.25) is 5.95 Å². The molecule has 1 N–H and O–H groups in total. The number of hydrogen-bond donors (Lipinski definition) is 1. The van der Waals surface area contributed by atoms with Crippen LogP contribution in [0.15, 0.2) is 30.6 Å². The fourth-order valence-electron chi connectivity index (χ4n) is 4.24. The average Bonchev–Trinajstić information content (AvgIpc) is 2.78. The van der Waals surface area contributed by atoms with Gasteiger partial charge in [0, 0.05) is 50.7 Å². The molecule has 0 amide bonds. The monoisotopic (exact) mass is 410 g/mol. The third-order valence-electron chi connectivity index (χ3n) is 6.51. The van der Waals surface area contributed by atoms with E-state index in [4.69, 9.17) is 4.74 Å². The van der Waals surface area contributed by atoms with Gasteiger partial charge in [-0.3, -0.25) is 4.90 Å². The first-order valence-electron chi connectivity index (χ1n) is 11.2. The summed E-state index contributed by atoms with van der Waals surface area (Å²) in [5.74, 6) is 1.69. The zero-order valence-corrected chi connectivity index (χ0v) is 18.3. The fraction of sp³-hybridized carbons (Fsp3) is 0.583. The SMILES string of the molecule is Cc1ccc(OCC2(O)CCN(Cc3cnc(N4CCCCC4)nc3)CC2)cc1C. The molecule has 0 atom stereocenters. The molecule has 1 aromatic carbocycles. The van der Waals surface area contributed by atoms with Crippen LogP contribution < -0.4 is 9.64 Å². The van der Waals surface area contributed by atoms with Crippen LogP contribution in [-0.4, -0.2) is 58.4 Å². The van der Waals surface area contributed by atoms with Gasteiger partial charge < -0.3 is 14.7 Å². The van der Waals surface area contributed by atoms with Crippen LogP contribution in [0.3, 0.4) is 0 Å². The van der Waals surface area contributed by atoms with E-state index in [0.717, 1.165) is 50.0 Å². The topological polar surface area (TPSA) is 61.7 Å². The van der Waals surface area contributed by atoms with E-state index in [0.29, 0.717) is 19.4 Å². The molecule has 0 radical (unpaired) electrons. The quantitative estimate of drug-likeness (QED) is 0.787. The first-order valence-corrected chi connectivity index (χ1v) is 11.2. The third kappa shape index (κ3) is 5.29. The molecule has 162 valence electrons. The maximum Gasteiger partial charge on any atom is 0.225 e. The summed E-state index contributed by atoms with van der Waals surface area (Å²) >= 11 is 0. The maximum absolute atomic E-state index is 10.9. The van der Waals surface area contributed by atoms with Gasteiger partial charge in [0.05, 0.1) is 0 Å². The third-order valence-corrected chi connectivity index (χ3v) is 6.51. The van der Waals surface area contributed by atoms with Crippen LogP contribution in [0.4, 0.5) is 5.95 Å². The molecule has 1 aromatic heterocycles. The van der Waals surface area contributed by atoms with E-state index < -0.39 is 5.60 Å². The number of aromatic nitrogens is 2. The van der Waals surface area contributed by atoms with Gasteiger partial charge in [0.15, 0.2) is 0 Å². The van der Waals surface area contributed by atoms with E-state index in [9.17, 15) is 5.11 Å². The number of aliphatic hydroxyl groups is 1. The Morgan fingerprint density at radius 2 is 1.67 bits per heavy atom. The molecule has 0 bridgehead atoms. The van der Waals surface area contributed by atoms with Gasteiger partial charge in [0.25, 0.3) is 0 Å². The van der Waals surface area contributed by atoms with Crippen molar-refractivity contribution < 1.29 is 9.84 Å². The minimum absolute atomic E-state index is 0.344. The number of hydrogen-bond acceptors (Lipinski definition) is 6. The summed E-state index contributed by atoms with van der Waals surface area (Å²) in [6, 6.07) is 6.09. The van der Waals surface area contributed by atoms with Crippen LogP contribution in [0, 0.1) is 13.8 Å². The number of benzene rings is 1. The number of piperidine rings is 2. The van der Waals surface area contributed by atoms with Crippen molar-refractivity contribution in [2.45, 2.75) is 58.1 Å². The predicted octanol–water partition coefficient (Wildman–Crippen LogP) is 3.49. The highest BCUT2D eigenvalue weighted by atomic mass is 16.5. The minimum Gasteiger partial charge on any atom is -0.491 e. The van der Waals surface area contributed by atoms with Crippen LogP contribution in [-0.2, 0) is 6.54 Å². The van der Waals surface area contributed by atoms with Crippen molar-refractivity contribution in [2.24, 2.45) is 0 Å². The van der Waals surface area contributed by atoms with Crippen molar-refractivity contribution in [1.29, 1.82) is 0 Å². The summed E-state index contributed by atoms with van der Waals surface area (Å²) in [6.07, 6.45) is 9.12. The van der Waals surface area contributed by atoms with Gasteiger partial charge in [0.1, 0.15) is 18.0 Å². The number of rotatable bonds is 6. The Balaban J connectivity index is 1.25. The molecular weight excluding hydrogens is 376 g/mol. The molecule has 0 unspecified atom stereocenters. The molecule has 2 aliphatic heterocycles. The van der Waals surface area contributed by atoms with E-state index in [1.54, 1.807) is 0 Å². The number of anilines is 1. The Morgan fingerprint density at radius 1 is 0.967 bits per heavy atom. The molecule has 0 saturated carbocycles. The number of likely N-dealkylation sites (tertiary alicyclic amines) is 1. The lowest BCUT2D eigenvalue weighted by Gasteiger charge is -2.37. The molecule has 6 nitrogen and oxygen atoms in total. The maximum atomic E-state index is 10.9. The zero-order chi connectivity index (χ0) is 21.0. The Morgan fingerprint density at radius 3 is 2.33 bits per heavy atom. The Labute approximate surface area is 179 Å². The highest BCUT2D eigenvalue weighted by Gasteiger charge is 2.33. The Bertz CT molecular complexity index is 826. The van der Waals surface area contributed by atoms with E-state index in [1.165, 1.54) is 30.4 Å². The highest BCUT2D eigenvalue weighted by Crippen LogP contribution is 2.26. The summed E-state index contributed by atoms with van der Waals surface area (Å²) in [5.41, 5.74) is 2.84. The van der Waals surface area contributed by atoms with Crippen LogP contribution in [0.5, 0.6) is 5.75 Å². The van der Waals surface area contributed by atoms with E-state index >= 15 is 0 Å². The molecule has 6 heteroatoms. The first kappa shape index (κ1) is 21.1. The lowest BCUT2D eigenvalue weighted by Crippen LogP contribution is -2.47. The molecule has 2 fully saturated rings. The smallest absolute Gasteiger partial charge is 0.225 e. The lowest BCUT2D eigenvalue weighted by atomic mass is 9.92. The van der Waals surface area contributed by atoms with Crippen molar-refractivity contribution in [1.82, 2.24) is 14.9 Å². The van der Waals surface area contributed by atoms with Gasteiger partial charge in [-0.2, -0.15) is 0 Å². The normalized spacial score (nSPS) is 19.6. The molecule has 3 heterocycles. The van der Waals surface area contributed by atoms with Crippen LogP contribution in [0.25, 0.3) is 0 Å². The summed E-state index contributed by atoms with van der Waals surface area (Å²) in [6.45, 7) is 9.17. The lowest BCUT2D eigenvalue weighted by molar-refractivity contribution is -0.0537. The second-order valence-electron chi connectivity index (χ2n) is 8.97. The highest BCUT2D eigenvalue weighted by molar-refractivity contribution is 5.34. The van der Waals surface area contributed by atoms with E-state index in [1.807, 2.05) is 24.5 Å². The molecule has 0 aliphatic carbocycles. The summed E-state index contributed by atoms with van der Waals surface area (Å²) in [5, 5.41) is 10.9. The second-order valence-corrected chi connectivity index (χ2v) is 8.97. The summed E-state index contributed by atoms with van der Waals surface area (Å²) in [4.78, 5) is 13.8. The number of aryl methyl sites for hydroxylation is 2. The molecule has 2 aromatic rings. The minimum atomic E-state index is -0.760. The molecular formula is C24H34N4O2. The van der Waals surface area contributed by atoms with Crippen molar-refractivity contribution in [3.05, 3.63) is 47.3 Å². The zero-order valence-electron chi connectivity index (χ0n) is 18.3. The van der Waals surface area contributed by atoms with Crippen LogP contribution in [0.1, 0.15) is 48.8 Å². The average molecular weight is 411 g/mol. The van der Waals surface area contributed by atoms with E-state index in [-0.39, 0.29) is 0 Å². The van der Waals surface area contributed by atoms with Gasteiger partial charge in [-0.15, -0.1) is 0 Å². The first-order chi connectivity index (χ1) is 14.5. The standard InChI is InChI=1S/C24H34N4O2/c1-19-6-7-22(14-20(19)2)30-18-24(29)8-12-27(13-9-24)17-21-15-25-23(26-16-21)28-10-4-3-5-11-28/h6-7,14-16,29H,3-5,8-13,17-18H2,1-2H3. The van der Waals surface area contributed by atoms with E-state index in [2.05, 4.69) is 39.7 Å². The predicted molar refractivity (Wildman–Crippen MR) is 119 cm³/mol. The Kier molecular flexibility index (Phi) is 6.54. The molecule has 2 saturated heterocycles. The van der Waals surface area contributed by atoms with Gasteiger partial charge >= 0.3 is 0 Å². The largest absolute Gasteiger partial charge is 0.491 e. The van der Waals surface area contributed by atoms with Crippen molar-refractivity contribution in [2.75, 3.05) is 37.7 Å². The molecule has 0 spiro atoms. The summed E-state index contributed by atoms with van der Waals surface area (Å²) < 4.78 is 5.92.